The van der Waals surface area contributed by atoms with E-state index in [1.54, 1.807) is 25.3 Å². The molecule has 3 aromatic carbocycles. The lowest BCUT2D eigenvalue weighted by molar-refractivity contribution is 0.0951. The summed E-state index contributed by atoms with van der Waals surface area (Å²) in [4.78, 5) is 17.2. The van der Waals surface area contributed by atoms with Crippen molar-refractivity contribution in [3.8, 4) is 28.6 Å². The summed E-state index contributed by atoms with van der Waals surface area (Å²) in [5, 5.41) is 6.98. The Morgan fingerprint density at radius 3 is 2.45 bits per heavy atom. The monoisotopic (exact) mass is 385 g/mol. The Morgan fingerprint density at radius 2 is 1.69 bits per heavy atom. The highest BCUT2D eigenvalue weighted by molar-refractivity contribution is 6.00. The Balaban J connectivity index is 1.53. The van der Waals surface area contributed by atoms with E-state index in [0.717, 1.165) is 16.9 Å². The quantitative estimate of drug-likeness (QED) is 0.534. The highest BCUT2D eigenvalue weighted by atomic mass is 16.5. The van der Waals surface area contributed by atoms with E-state index < -0.39 is 0 Å². The van der Waals surface area contributed by atoms with Gasteiger partial charge in [-0.05, 0) is 29.8 Å². The maximum Gasteiger partial charge on any atom is 0.259 e. The number of nitrogens with zero attached hydrogens (tertiary/aromatic N) is 2. The molecule has 0 aliphatic carbocycles. The molecule has 0 aliphatic heterocycles. The third-order valence-corrected chi connectivity index (χ3v) is 4.47. The lowest BCUT2D eigenvalue weighted by Gasteiger charge is -2.08. The van der Waals surface area contributed by atoms with Gasteiger partial charge in [-0.1, -0.05) is 59.8 Å². The zero-order valence-electron chi connectivity index (χ0n) is 15.8. The van der Waals surface area contributed by atoms with Crippen molar-refractivity contribution in [1.29, 1.82) is 0 Å². The number of rotatable bonds is 6. The Labute approximate surface area is 168 Å². The van der Waals surface area contributed by atoms with Crippen LogP contribution >= 0.6 is 0 Å². The molecule has 0 saturated heterocycles. The summed E-state index contributed by atoms with van der Waals surface area (Å²) in [7, 11) is 1.62. The second-order valence-electron chi connectivity index (χ2n) is 6.37. The average Bonchev–Trinajstić information content (AvgIpc) is 3.28. The summed E-state index contributed by atoms with van der Waals surface area (Å²) in [5.74, 6) is 1.35. The first-order valence-corrected chi connectivity index (χ1v) is 9.14. The number of benzene rings is 3. The number of methoxy groups -OCH3 is 1. The maximum atomic E-state index is 12.8. The third kappa shape index (κ3) is 4.16. The first kappa shape index (κ1) is 18.4. The van der Waals surface area contributed by atoms with Gasteiger partial charge in [-0.15, -0.1) is 0 Å². The molecular weight excluding hydrogens is 366 g/mol. The Kier molecular flexibility index (Phi) is 5.33. The van der Waals surface area contributed by atoms with Crippen molar-refractivity contribution in [2.24, 2.45) is 0 Å². The first-order valence-electron chi connectivity index (χ1n) is 9.14. The molecule has 144 valence electrons. The molecule has 6 heteroatoms. The number of hydrogen-bond acceptors (Lipinski definition) is 5. The minimum absolute atomic E-state index is 0.212. The van der Waals surface area contributed by atoms with Crippen LogP contribution < -0.4 is 10.1 Å². The number of aromatic nitrogens is 2. The van der Waals surface area contributed by atoms with E-state index in [1.165, 1.54) is 0 Å². The summed E-state index contributed by atoms with van der Waals surface area (Å²) in [6.45, 7) is 0.399. The van der Waals surface area contributed by atoms with Crippen LogP contribution in [0.15, 0.2) is 83.4 Å². The molecule has 1 aromatic heterocycles. The van der Waals surface area contributed by atoms with Crippen molar-refractivity contribution in [2.75, 3.05) is 7.11 Å². The van der Waals surface area contributed by atoms with Crippen LogP contribution in [0.4, 0.5) is 0 Å². The van der Waals surface area contributed by atoms with Crippen molar-refractivity contribution >= 4 is 5.91 Å². The predicted octanol–water partition coefficient (Wildman–Crippen LogP) is 4.34. The molecule has 0 fully saturated rings. The molecule has 0 aliphatic rings. The summed E-state index contributed by atoms with van der Waals surface area (Å²) in [6, 6.07) is 24.3. The zero-order valence-corrected chi connectivity index (χ0v) is 15.8. The highest BCUT2D eigenvalue weighted by Gasteiger charge is 2.18. The van der Waals surface area contributed by atoms with Crippen molar-refractivity contribution < 1.29 is 14.1 Å². The molecule has 4 aromatic rings. The van der Waals surface area contributed by atoms with Crippen LogP contribution in [0.5, 0.6) is 5.75 Å². The van der Waals surface area contributed by atoms with Crippen molar-refractivity contribution in [2.45, 2.75) is 6.54 Å². The third-order valence-electron chi connectivity index (χ3n) is 4.47. The van der Waals surface area contributed by atoms with Crippen LogP contribution in [0.25, 0.3) is 22.8 Å². The Morgan fingerprint density at radius 1 is 0.966 bits per heavy atom. The molecule has 0 unspecified atom stereocenters. The van der Waals surface area contributed by atoms with Gasteiger partial charge in [-0.25, -0.2) is 0 Å². The molecule has 1 N–H and O–H groups in total. The molecule has 4 rings (SSSR count). The Hall–Kier alpha value is -3.93. The fourth-order valence-electron chi connectivity index (χ4n) is 2.93. The molecule has 0 saturated carbocycles. The van der Waals surface area contributed by atoms with Gasteiger partial charge in [0.1, 0.15) is 5.75 Å². The van der Waals surface area contributed by atoms with Gasteiger partial charge in [-0.2, -0.15) is 4.98 Å². The number of hydrogen-bond donors (Lipinski definition) is 1. The van der Waals surface area contributed by atoms with Gasteiger partial charge in [0.25, 0.3) is 11.8 Å². The van der Waals surface area contributed by atoms with E-state index in [2.05, 4.69) is 15.5 Å². The van der Waals surface area contributed by atoms with E-state index in [-0.39, 0.29) is 5.91 Å². The van der Waals surface area contributed by atoms with Crippen molar-refractivity contribution in [1.82, 2.24) is 15.5 Å². The average molecular weight is 385 g/mol. The van der Waals surface area contributed by atoms with E-state index in [1.807, 2.05) is 60.7 Å². The number of amides is 1. The summed E-state index contributed by atoms with van der Waals surface area (Å²) in [5.41, 5.74) is 2.89. The van der Waals surface area contributed by atoms with Gasteiger partial charge in [0, 0.05) is 12.1 Å². The lowest BCUT2D eigenvalue weighted by Crippen LogP contribution is -2.23. The molecule has 0 spiro atoms. The molecule has 0 atom stereocenters. The van der Waals surface area contributed by atoms with Gasteiger partial charge in [-0.3, -0.25) is 4.79 Å². The minimum atomic E-state index is -0.212. The molecule has 6 nitrogen and oxygen atoms in total. The lowest BCUT2D eigenvalue weighted by atomic mass is 10.1. The molecule has 1 heterocycles. The van der Waals surface area contributed by atoms with E-state index in [9.17, 15) is 4.79 Å². The van der Waals surface area contributed by atoms with Crippen LogP contribution in [-0.2, 0) is 6.54 Å². The SMILES string of the molecule is COc1ccc(CNC(=O)c2ccccc2-c2nc(-c3ccccc3)no2)cc1. The fraction of sp³-hybridized carbons (Fsp3) is 0.0870. The number of carbonyl (C=O) groups is 1. The molecule has 1 amide bonds. The predicted molar refractivity (Wildman–Crippen MR) is 109 cm³/mol. The first-order chi connectivity index (χ1) is 14.2. The largest absolute Gasteiger partial charge is 0.497 e. The van der Waals surface area contributed by atoms with Gasteiger partial charge < -0.3 is 14.6 Å². The van der Waals surface area contributed by atoms with Gasteiger partial charge in [0.05, 0.1) is 18.2 Å². The molecule has 0 bridgehead atoms. The van der Waals surface area contributed by atoms with Crippen molar-refractivity contribution in [3.05, 3.63) is 90.0 Å². The number of ether oxygens (including phenoxy) is 1. The van der Waals surface area contributed by atoms with Gasteiger partial charge in [0.15, 0.2) is 0 Å². The second-order valence-corrected chi connectivity index (χ2v) is 6.37. The normalized spacial score (nSPS) is 10.5. The van der Waals surface area contributed by atoms with Crippen molar-refractivity contribution in [3.63, 3.8) is 0 Å². The topological polar surface area (TPSA) is 77.2 Å². The Bertz CT molecular complexity index is 1110. The van der Waals surface area contributed by atoms with E-state index >= 15 is 0 Å². The zero-order chi connectivity index (χ0) is 20.1. The summed E-state index contributed by atoms with van der Waals surface area (Å²) >= 11 is 0. The van der Waals surface area contributed by atoms with Gasteiger partial charge >= 0.3 is 0 Å². The number of carbonyl (C=O) groups excluding carboxylic acids is 1. The molecule has 29 heavy (non-hydrogen) atoms. The standard InChI is InChI=1S/C23H19N3O3/c1-28-18-13-11-16(12-14-18)15-24-22(27)19-9-5-6-10-20(19)23-25-21(26-29-23)17-7-3-2-4-8-17/h2-14H,15H2,1H3,(H,24,27). The maximum absolute atomic E-state index is 12.8. The van der Waals surface area contributed by atoms with Crippen LogP contribution in [0, 0.1) is 0 Å². The summed E-state index contributed by atoms with van der Waals surface area (Å²) < 4.78 is 10.6. The fourth-order valence-corrected chi connectivity index (χ4v) is 2.93. The molecule has 0 radical (unpaired) electrons. The van der Waals surface area contributed by atoms with Crippen LogP contribution in [-0.4, -0.2) is 23.2 Å². The van der Waals surface area contributed by atoms with Crippen LogP contribution in [0.1, 0.15) is 15.9 Å². The summed E-state index contributed by atoms with van der Waals surface area (Å²) in [6.07, 6.45) is 0. The smallest absolute Gasteiger partial charge is 0.259 e. The number of nitrogens with one attached hydrogen (secondary N) is 1. The van der Waals surface area contributed by atoms with Gasteiger partial charge in [0.2, 0.25) is 5.82 Å². The van der Waals surface area contributed by atoms with Crippen LogP contribution in [0.3, 0.4) is 0 Å². The second kappa shape index (κ2) is 8.39. The van der Waals surface area contributed by atoms with Crippen LogP contribution in [0.2, 0.25) is 0 Å². The molecular formula is C23H19N3O3. The minimum Gasteiger partial charge on any atom is -0.497 e. The van der Waals surface area contributed by atoms with E-state index in [4.69, 9.17) is 9.26 Å². The van der Waals surface area contributed by atoms with E-state index in [0.29, 0.717) is 29.4 Å². The highest BCUT2D eigenvalue weighted by Crippen LogP contribution is 2.25.